The summed E-state index contributed by atoms with van der Waals surface area (Å²) >= 11 is 1.60. The van der Waals surface area contributed by atoms with Gasteiger partial charge in [-0.1, -0.05) is 36.4 Å². The zero-order valence-electron chi connectivity index (χ0n) is 15.6. The van der Waals surface area contributed by atoms with Crippen LogP contribution in [0.1, 0.15) is 16.8 Å². The predicted molar refractivity (Wildman–Crippen MR) is 112 cm³/mol. The van der Waals surface area contributed by atoms with Crippen molar-refractivity contribution in [2.45, 2.75) is 17.4 Å². The fourth-order valence-corrected chi connectivity index (χ4v) is 3.87. The number of benzene rings is 2. The molecule has 2 aromatic rings. The van der Waals surface area contributed by atoms with Crippen molar-refractivity contribution in [3.63, 3.8) is 0 Å². The lowest BCUT2D eigenvalue weighted by Gasteiger charge is -2.18. The fourth-order valence-electron chi connectivity index (χ4n) is 2.41. The van der Waals surface area contributed by atoms with Crippen molar-refractivity contribution in [3.05, 3.63) is 66.2 Å². The van der Waals surface area contributed by atoms with E-state index in [1.807, 2.05) is 30.3 Å². The van der Waals surface area contributed by atoms with Crippen LogP contribution in [0.3, 0.4) is 0 Å². The normalized spacial score (nSPS) is 12.2. The summed E-state index contributed by atoms with van der Waals surface area (Å²) in [6.07, 6.45) is 1.13. The van der Waals surface area contributed by atoms with Crippen LogP contribution in [0.5, 0.6) is 0 Å². The molecule has 28 heavy (non-hydrogen) atoms. The Morgan fingerprint density at radius 3 is 2.21 bits per heavy atom. The quantitative estimate of drug-likeness (QED) is 0.454. The fraction of sp³-hybridized carbons (Fsp3) is 0.300. The third-order valence-corrected chi connectivity index (χ3v) is 5.84. The van der Waals surface area contributed by atoms with E-state index in [9.17, 15) is 18.0 Å². The molecule has 0 aromatic heterocycles. The summed E-state index contributed by atoms with van der Waals surface area (Å²) in [5, 5.41) is 5.42. The van der Waals surface area contributed by atoms with Gasteiger partial charge >= 0.3 is 0 Å². The first kappa shape index (κ1) is 22.0. The second-order valence-corrected chi connectivity index (χ2v) is 9.69. The van der Waals surface area contributed by atoms with Gasteiger partial charge in [-0.2, -0.15) is 0 Å². The Labute approximate surface area is 170 Å². The van der Waals surface area contributed by atoms with E-state index >= 15 is 0 Å². The minimum absolute atomic E-state index is 0.0229. The molecule has 6 nitrogen and oxygen atoms in total. The third-order valence-electron chi connectivity index (χ3n) is 3.85. The van der Waals surface area contributed by atoms with E-state index in [0.29, 0.717) is 17.9 Å². The molecule has 0 aliphatic rings. The van der Waals surface area contributed by atoms with Crippen LogP contribution in [0.15, 0.2) is 65.6 Å². The average molecular weight is 421 g/mol. The van der Waals surface area contributed by atoms with Gasteiger partial charge in [-0.05, 0) is 30.7 Å². The van der Waals surface area contributed by atoms with Gasteiger partial charge in [-0.3, -0.25) is 9.59 Å². The average Bonchev–Trinajstić information content (AvgIpc) is 2.69. The number of carbonyl (C=O) groups is 2. The van der Waals surface area contributed by atoms with Crippen molar-refractivity contribution in [1.82, 2.24) is 10.6 Å². The minimum atomic E-state index is -3.25. The van der Waals surface area contributed by atoms with Crippen LogP contribution in [-0.4, -0.2) is 50.6 Å². The molecule has 0 unspecified atom stereocenters. The zero-order chi connectivity index (χ0) is 20.4. The van der Waals surface area contributed by atoms with Crippen LogP contribution in [0.4, 0.5) is 0 Å². The molecule has 0 heterocycles. The van der Waals surface area contributed by atoms with E-state index in [0.717, 1.165) is 11.2 Å². The van der Waals surface area contributed by atoms with E-state index in [-0.39, 0.29) is 18.1 Å². The highest BCUT2D eigenvalue weighted by molar-refractivity contribution is 7.99. The predicted octanol–water partition coefficient (Wildman–Crippen LogP) is 2.13. The molecule has 2 amide bonds. The monoisotopic (exact) mass is 420 g/mol. The minimum Gasteiger partial charge on any atom is -0.353 e. The molecular weight excluding hydrogens is 396 g/mol. The first-order valence-corrected chi connectivity index (χ1v) is 11.9. The van der Waals surface area contributed by atoms with Crippen molar-refractivity contribution in [3.8, 4) is 0 Å². The first-order chi connectivity index (χ1) is 13.3. The lowest BCUT2D eigenvalue weighted by Crippen LogP contribution is -2.48. The third kappa shape index (κ3) is 8.14. The van der Waals surface area contributed by atoms with Crippen LogP contribution in [0.2, 0.25) is 0 Å². The standard InChI is InChI=1S/C20H24N2O4S2/c1-28(25,26)15-12-18(22-19(23)16-8-4-2-5-9-16)20(24)21-13-14-27-17-10-6-3-7-11-17/h2-11,18H,12-15H2,1H3,(H,21,24)(H,22,23)/t18-/m0/s1. The summed E-state index contributed by atoms with van der Waals surface area (Å²) in [5.41, 5.74) is 0.416. The molecule has 0 saturated carbocycles. The van der Waals surface area contributed by atoms with Gasteiger partial charge in [0.2, 0.25) is 5.91 Å². The maximum atomic E-state index is 12.5. The molecule has 0 saturated heterocycles. The van der Waals surface area contributed by atoms with Gasteiger partial charge in [-0.25, -0.2) is 8.42 Å². The summed E-state index contributed by atoms with van der Waals surface area (Å²) in [7, 11) is -3.25. The summed E-state index contributed by atoms with van der Waals surface area (Å²) in [6.45, 7) is 0.412. The van der Waals surface area contributed by atoms with Crippen LogP contribution in [-0.2, 0) is 14.6 Å². The summed E-state index contributed by atoms with van der Waals surface area (Å²) < 4.78 is 23.0. The van der Waals surface area contributed by atoms with Crippen molar-refractivity contribution in [2.24, 2.45) is 0 Å². The van der Waals surface area contributed by atoms with Crippen molar-refractivity contribution in [2.75, 3.05) is 24.3 Å². The maximum absolute atomic E-state index is 12.5. The highest BCUT2D eigenvalue weighted by atomic mass is 32.2. The number of sulfone groups is 1. The highest BCUT2D eigenvalue weighted by Crippen LogP contribution is 2.15. The molecular formula is C20H24N2O4S2. The van der Waals surface area contributed by atoms with E-state index < -0.39 is 21.8 Å². The van der Waals surface area contributed by atoms with Crippen LogP contribution in [0.25, 0.3) is 0 Å². The topological polar surface area (TPSA) is 92.3 Å². The molecule has 2 rings (SSSR count). The Bertz CT molecular complexity index is 872. The molecule has 0 bridgehead atoms. The van der Waals surface area contributed by atoms with Gasteiger partial charge in [0.25, 0.3) is 5.91 Å². The number of amides is 2. The first-order valence-electron chi connectivity index (χ1n) is 8.84. The van der Waals surface area contributed by atoms with E-state index in [1.54, 1.807) is 42.1 Å². The highest BCUT2D eigenvalue weighted by Gasteiger charge is 2.22. The van der Waals surface area contributed by atoms with Crippen molar-refractivity contribution < 1.29 is 18.0 Å². The van der Waals surface area contributed by atoms with E-state index in [4.69, 9.17) is 0 Å². The van der Waals surface area contributed by atoms with Gasteiger partial charge in [0.05, 0.1) is 5.75 Å². The Morgan fingerprint density at radius 1 is 1.00 bits per heavy atom. The maximum Gasteiger partial charge on any atom is 0.251 e. The SMILES string of the molecule is CS(=O)(=O)CC[C@H](NC(=O)c1ccccc1)C(=O)NCCSc1ccccc1. The number of carbonyl (C=O) groups excluding carboxylic acids is 2. The molecule has 0 aliphatic carbocycles. The van der Waals surface area contributed by atoms with Crippen LogP contribution < -0.4 is 10.6 Å². The van der Waals surface area contributed by atoms with E-state index in [2.05, 4.69) is 10.6 Å². The number of nitrogens with one attached hydrogen (secondary N) is 2. The summed E-state index contributed by atoms with van der Waals surface area (Å²) in [4.78, 5) is 26.0. The van der Waals surface area contributed by atoms with Crippen molar-refractivity contribution >= 4 is 33.4 Å². The Kier molecular flexibility index (Phi) is 8.53. The van der Waals surface area contributed by atoms with Gasteiger partial charge < -0.3 is 10.6 Å². The van der Waals surface area contributed by atoms with Gasteiger partial charge in [0, 0.05) is 29.0 Å². The smallest absolute Gasteiger partial charge is 0.251 e. The number of hydrogen-bond acceptors (Lipinski definition) is 5. The molecule has 1 atom stereocenters. The van der Waals surface area contributed by atoms with Gasteiger partial charge in [0.1, 0.15) is 15.9 Å². The van der Waals surface area contributed by atoms with Crippen molar-refractivity contribution in [1.29, 1.82) is 0 Å². The van der Waals surface area contributed by atoms with Gasteiger partial charge in [0.15, 0.2) is 0 Å². The molecule has 0 radical (unpaired) electrons. The summed E-state index contributed by atoms with van der Waals surface area (Å²) in [6, 6.07) is 17.4. The van der Waals surface area contributed by atoms with E-state index in [1.165, 1.54) is 0 Å². The van der Waals surface area contributed by atoms with Gasteiger partial charge in [-0.15, -0.1) is 11.8 Å². The molecule has 2 aromatic carbocycles. The second-order valence-electron chi connectivity index (χ2n) is 6.26. The number of thioether (sulfide) groups is 1. The largest absolute Gasteiger partial charge is 0.353 e. The summed E-state index contributed by atoms with van der Waals surface area (Å²) in [5.74, 6) is -0.311. The molecule has 0 spiro atoms. The number of hydrogen-bond donors (Lipinski definition) is 2. The molecule has 150 valence electrons. The van der Waals surface area contributed by atoms with Crippen LogP contribution >= 0.6 is 11.8 Å². The Balaban J connectivity index is 1.91. The molecule has 8 heteroatoms. The Hall–Kier alpha value is -2.32. The molecule has 2 N–H and O–H groups in total. The molecule has 0 aliphatic heterocycles. The second kappa shape index (κ2) is 10.9. The molecule has 0 fully saturated rings. The lowest BCUT2D eigenvalue weighted by molar-refractivity contribution is -0.122. The lowest BCUT2D eigenvalue weighted by atomic mass is 10.1. The van der Waals surface area contributed by atoms with Crippen LogP contribution in [0, 0.1) is 0 Å². The number of rotatable bonds is 10. The Morgan fingerprint density at radius 2 is 1.61 bits per heavy atom. The zero-order valence-corrected chi connectivity index (χ0v) is 17.3.